The molecule has 0 aliphatic carbocycles. The number of ether oxygens (including phenoxy) is 3. The Morgan fingerprint density at radius 1 is 0.263 bits per heavy atom. The molecule has 442 valence electrons. The summed E-state index contributed by atoms with van der Waals surface area (Å²) in [4.78, 5) is 38.4. The molecule has 0 aromatic carbocycles. The minimum atomic E-state index is -0.784. The Morgan fingerprint density at radius 3 is 0.750 bits per heavy atom. The van der Waals surface area contributed by atoms with Crippen LogP contribution in [0.4, 0.5) is 0 Å². The molecule has 6 nitrogen and oxygen atoms in total. The van der Waals surface area contributed by atoms with Crippen molar-refractivity contribution in [2.75, 3.05) is 13.2 Å². The highest BCUT2D eigenvalue weighted by atomic mass is 16.6. The number of esters is 3. The Morgan fingerprint density at radius 2 is 0.474 bits per heavy atom. The van der Waals surface area contributed by atoms with Gasteiger partial charge in [0, 0.05) is 19.3 Å². The van der Waals surface area contributed by atoms with E-state index in [1.807, 2.05) is 0 Å². The van der Waals surface area contributed by atoms with Crippen LogP contribution < -0.4 is 0 Å². The Hall–Kier alpha value is -2.89. The standard InChI is InChI=1S/C70H126O6/c1-4-7-10-13-16-19-22-25-28-31-33-35-37-39-42-45-48-51-54-57-60-63-69(72)75-66-67(65-74-68(71)62-59-56-53-50-47-44-41-30-27-24-21-18-15-12-9-6-3)76-70(73)64-61-58-55-52-49-46-43-40-38-36-34-32-29-26-23-20-17-14-11-8-5-2/h21-22,24-25,30-34,41,67H,4-20,23,26-29,35-40,42-66H2,1-3H3/b24-21-,25-22-,33-31-,34-32-,41-30-. The number of hydrogen-bond donors (Lipinski definition) is 0. The Balaban J connectivity index is 4.37. The molecule has 0 aromatic rings. The van der Waals surface area contributed by atoms with Gasteiger partial charge in [-0.25, -0.2) is 0 Å². The van der Waals surface area contributed by atoms with Crippen LogP contribution in [0.2, 0.25) is 0 Å². The van der Waals surface area contributed by atoms with Crippen LogP contribution in [0.1, 0.15) is 348 Å². The van der Waals surface area contributed by atoms with Crippen LogP contribution in [0.15, 0.2) is 60.8 Å². The zero-order chi connectivity index (χ0) is 55.0. The summed E-state index contributed by atoms with van der Waals surface area (Å²) in [7, 11) is 0. The van der Waals surface area contributed by atoms with E-state index >= 15 is 0 Å². The largest absolute Gasteiger partial charge is 0.462 e. The van der Waals surface area contributed by atoms with Crippen LogP contribution in [0, 0.1) is 0 Å². The van der Waals surface area contributed by atoms with Gasteiger partial charge in [0.1, 0.15) is 13.2 Å². The predicted octanol–water partition coefficient (Wildman–Crippen LogP) is 22.7. The van der Waals surface area contributed by atoms with Gasteiger partial charge in [0.2, 0.25) is 0 Å². The Kier molecular flexibility index (Phi) is 62.2. The molecular weight excluding hydrogens is 937 g/mol. The molecule has 0 aromatic heterocycles. The maximum absolute atomic E-state index is 12.9. The van der Waals surface area contributed by atoms with Gasteiger partial charge in [-0.05, 0) is 109 Å². The second kappa shape index (κ2) is 64.6. The zero-order valence-corrected chi connectivity index (χ0v) is 50.8. The van der Waals surface area contributed by atoms with Gasteiger partial charge in [-0.15, -0.1) is 0 Å². The highest BCUT2D eigenvalue weighted by Crippen LogP contribution is 2.17. The lowest BCUT2D eigenvalue weighted by Crippen LogP contribution is -2.30. The molecule has 6 heteroatoms. The maximum atomic E-state index is 12.9. The van der Waals surface area contributed by atoms with Crippen molar-refractivity contribution in [3.05, 3.63) is 60.8 Å². The number of carbonyl (C=O) groups excluding carboxylic acids is 3. The van der Waals surface area contributed by atoms with Crippen molar-refractivity contribution >= 4 is 17.9 Å². The lowest BCUT2D eigenvalue weighted by atomic mass is 10.1. The molecule has 1 atom stereocenters. The van der Waals surface area contributed by atoms with Crippen LogP contribution in [-0.2, 0) is 28.6 Å². The molecule has 0 N–H and O–H groups in total. The van der Waals surface area contributed by atoms with E-state index in [9.17, 15) is 14.4 Å². The van der Waals surface area contributed by atoms with E-state index in [0.29, 0.717) is 19.3 Å². The highest BCUT2D eigenvalue weighted by molar-refractivity contribution is 5.71. The van der Waals surface area contributed by atoms with Crippen molar-refractivity contribution in [2.24, 2.45) is 0 Å². The van der Waals surface area contributed by atoms with Gasteiger partial charge in [0.25, 0.3) is 0 Å². The summed E-state index contributed by atoms with van der Waals surface area (Å²) >= 11 is 0. The Labute approximate surface area is 472 Å². The number of rotatable bonds is 61. The third kappa shape index (κ3) is 62.0. The number of unbranched alkanes of at least 4 members (excludes halogenated alkanes) is 40. The van der Waals surface area contributed by atoms with Crippen molar-refractivity contribution in [3.8, 4) is 0 Å². The minimum Gasteiger partial charge on any atom is -0.462 e. The molecule has 0 amide bonds. The van der Waals surface area contributed by atoms with Crippen molar-refractivity contribution in [1.82, 2.24) is 0 Å². The van der Waals surface area contributed by atoms with E-state index < -0.39 is 6.10 Å². The molecule has 0 rings (SSSR count). The van der Waals surface area contributed by atoms with Gasteiger partial charge in [-0.2, -0.15) is 0 Å². The van der Waals surface area contributed by atoms with Crippen LogP contribution in [0.3, 0.4) is 0 Å². The van der Waals surface area contributed by atoms with Gasteiger partial charge in [-0.3, -0.25) is 14.4 Å². The van der Waals surface area contributed by atoms with E-state index in [1.54, 1.807) is 0 Å². The molecule has 0 heterocycles. The number of allylic oxidation sites excluding steroid dienone is 10. The molecule has 0 spiro atoms. The third-order valence-corrected chi connectivity index (χ3v) is 14.7. The fourth-order valence-electron chi connectivity index (χ4n) is 9.68. The zero-order valence-electron chi connectivity index (χ0n) is 50.8. The SMILES string of the molecule is CCCCCC/C=C\C/C=C\CCCCCCCC(=O)OCC(COC(=O)CCCCCCCCCCC/C=C\C/C=C\CCCCCCC)OC(=O)CCCCCCCCCCC/C=C\CCCCCCCCCC. The van der Waals surface area contributed by atoms with Crippen LogP contribution in [0.25, 0.3) is 0 Å². The van der Waals surface area contributed by atoms with Crippen molar-refractivity contribution in [2.45, 2.75) is 354 Å². The summed E-state index contributed by atoms with van der Waals surface area (Å²) in [5.41, 5.74) is 0. The van der Waals surface area contributed by atoms with Crippen molar-refractivity contribution in [3.63, 3.8) is 0 Å². The molecule has 0 saturated heterocycles. The first-order valence-electron chi connectivity index (χ1n) is 33.3. The average molecular weight is 1060 g/mol. The third-order valence-electron chi connectivity index (χ3n) is 14.7. The predicted molar refractivity (Wildman–Crippen MR) is 330 cm³/mol. The summed E-state index contributed by atoms with van der Waals surface area (Å²) in [5.74, 6) is -0.881. The first-order chi connectivity index (χ1) is 37.5. The fraction of sp³-hybridized carbons (Fsp3) is 0.814. The topological polar surface area (TPSA) is 78.9 Å². The first kappa shape index (κ1) is 73.1. The quantitative estimate of drug-likeness (QED) is 0.0261. The fourth-order valence-corrected chi connectivity index (χ4v) is 9.68. The summed E-state index contributed by atoms with van der Waals surface area (Å²) in [6.07, 6.45) is 82.2. The monoisotopic (exact) mass is 1060 g/mol. The van der Waals surface area contributed by atoms with E-state index in [0.717, 1.165) is 83.5 Å². The summed E-state index contributed by atoms with van der Waals surface area (Å²) in [6, 6.07) is 0. The second-order valence-corrected chi connectivity index (χ2v) is 22.4. The molecule has 0 saturated carbocycles. The van der Waals surface area contributed by atoms with Crippen LogP contribution in [-0.4, -0.2) is 37.2 Å². The minimum absolute atomic E-state index is 0.0800. The van der Waals surface area contributed by atoms with E-state index in [4.69, 9.17) is 14.2 Å². The van der Waals surface area contributed by atoms with Crippen molar-refractivity contribution in [1.29, 1.82) is 0 Å². The van der Waals surface area contributed by atoms with Crippen molar-refractivity contribution < 1.29 is 28.6 Å². The molecule has 0 fully saturated rings. The van der Waals surface area contributed by atoms with Gasteiger partial charge < -0.3 is 14.2 Å². The molecular formula is C70H126O6. The molecule has 0 aliphatic rings. The summed E-state index contributed by atoms with van der Waals surface area (Å²) < 4.78 is 17.0. The number of hydrogen-bond acceptors (Lipinski definition) is 6. The normalized spacial score (nSPS) is 12.4. The lowest BCUT2D eigenvalue weighted by molar-refractivity contribution is -0.167. The van der Waals surface area contributed by atoms with Crippen LogP contribution in [0.5, 0.6) is 0 Å². The van der Waals surface area contributed by atoms with E-state index in [-0.39, 0.29) is 31.1 Å². The van der Waals surface area contributed by atoms with Gasteiger partial charge in [0.15, 0.2) is 6.10 Å². The smallest absolute Gasteiger partial charge is 0.306 e. The lowest BCUT2D eigenvalue weighted by Gasteiger charge is -2.18. The average Bonchev–Trinajstić information content (AvgIpc) is 3.42. The van der Waals surface area contributed by atoms with Gasteiger partial charge in [0.05, 0.1) is 0 Å². The van der Waals surface area contributed by atoms with E-state index in [2.05, 4.69) is 81.5 Å². The maximum Gasteiger partial charge on any atom is 0.306 e. The summed E-state index contributed by atoms with van der Waals surface area (Å²) in [5, 5.41) is 0. The molecule has 1 unspecified atom stereocenters. The van der Waals surface area contributed by atoms with Crippen LogP contribution >= 0.6 is 0 Å². The molecule has 76 heavy (non-hydrogen) atoms. The van der Waals surface area contributed by atoms with Gasteiger partial charge >= 0.3 is 17.9 Å². The Bertz CT molecular complexity index is 1360. The first-order valence-corrected chi connectivity index (χ1v) is 33.3. The van der Waals surface area contributed by atoms with E-state index in [1.165, 1.54) is 225 Å². The second-order valence-electron chi connectivity index (χ2n) is 22.4. The molecule has 0 radical (unpaired) electrons. The molecule has 0 aliphatic heterocycles. The van der Waals surface area contributed by atoms with Gasteiger partial charge in [-0.1, -0.05) is 281 Å². The summed E-state index contributed by atoms with van der Waals surface area (Å²) in [6.45, 7) is 6.64. The number of carbonyl (C=O) groups is 3. The molecule has 0 bridgehead atoms. The highest BCUT2D eigenvalue weighted by Gasteiger charge is 2.19.